The maximum Gasteiger partial charge on any atom is 0.319 e. The first kappa shape index (κ1) is 26.2. The maximum atomic E-state index is 14.8. The van der Waals surface area contributed by atoms with Gasteiger partial charge in [-0.2, -0.15) is 4.98 Å². The van der Waals surface area contributed by atoms with E-state index in [0.29, 0.717) is 36.6 Å². The van der Waals surface area contributed by atoms with E-state index in [2.05, 4.69) is 15.0 Å². The normalized spacial score (nSPS) is 15.2. The number of halogens is 1. The summed E-state index contributed by atoms with van der Waals surface area (Å²) >= 11 is 0. The SMILES string of the molecule is CN(C)C(=O)C1(C(=O)O)CCN(Cc2ccc(-c3noc(-c4ccc(-c5ccccc5)c(F)c4)n3)cc2)CC1. The molecule has 0 bridgehead atoms. The predicted molar refractivity (Wildman–Crippen MR) is 144 cm³/mol. The van der Waals surface area contributed by atoms with Crippen molar-refractivity contribution in [1.29, 1.82) is 0 Å². The Morgan fingerprint density at radius 1 is 0.974 bits per heavy atom. The quantitative estimate of drug-likeness (QED) is 0.338. The molecule has 1 aliphatic heterocycles. The maximum absolute atomic E-state index is 14.8. The van der Waals surface area contributed by atoms with Gasteiger partial charge in [0, 0.05) is 50.4 Å². The van der Waals surface area contributed by atoms with E-state index in [4.69, 9.17) is 4.52 Å². The van der Waals surface area contributed by atoms with Crippen molar-refractivity contribution in [2.24, 2.45) is 5.41 Å². The van der Waals surface area contributed by atoms with Crippen LogP contribution in [0.2, 0.25) is 0 Å². The summed E-state index contributed by atoms with van der Waals surface area (Å²) in [6, 6.07) is 21.9. The van der Waals surface area contributed by atoms with Crippen LogP contribution >= 0.6 is 0 Å². The first-order chi connectivity index (χ1) is 18.8. The summed E-state index contributed by atoms with van der Waals surface area (Å²) < 4.78 is 20.2. The zero-order chi connectivity index (χ0) is 27.6. The number of piperidine rings is 1. The summed E-state index contributed by atoms with van der Waals surface area (Å²) in [6.45, 7) is 1.67. The third-order valence-electron chi connectivity index (χ3n) is 7.28. The van der Waals surface area contributed by atoms with Crippen molar-refractivity contribution in [3.05, 3.63) is 84.2 Å². The molecule has 200 valence electrons. The summed E-state index contributed by atoms with van der Waals surface area (Å²) in [5.74, 6) is -1.15. The number of nitrogens with zero attached hydrogens (tertiary/aromatic N) is 4. The Balaban J connectivity index is 1.24. The molecule has 8 nitrogen and oxygen atoms in total. The fourth-order valence-electron chi connectivity index (χ4n) is 5.02. The largest absolute Gasteiger partial charge is 0.480 e. The van der Waals surface area contributed by atoms with Gasteiger partial charge in [0.1, 0.15) is 11.2 Å². The number of carbonyl (C=O) groups excluding carboxylic acids is 1. The average Bonchev–Trinajstić information content (AvgIpc) is 3.44. The van der Waals surface area contributed by atoms with Crippen LogP contribution in [0.4, 0.5) is 4.39 Å². The van der Waals surface area contributed by atoms with Gasteiger partial charge in [0.15, 0.2) is 0 Å². The van der Waals surface area contributed by atoms with Crippen LogP contribution in [0.15, 0.2) is 77.3 Å². The minimum Gasteiger partial charge on any atom is -0.480 e. The van der Waals surface area contributed by atoms with Crippen LogP contribution in [0.3, 0.4) is 0 Å². The van der Waals surface area contributed by atoms with Crippen LogP contribution < -0.4 is 0 Å². The van der Waals surface area contributed by atoms with Gasteiger partial charge in [-0.05, 0) is 36.1 Å². The third kappa shape index (κ3) is 5.31. The summed E-state index contributed by atoms with van der Waals surface area (Å²) in [6.07, 6.45) is 0.548. The number of benzene rings is 3. The van der Waals surface area contributed by atoms with Crippen LogP contribution in [0.5, 0.6) is 0 Å². The van der Waals surface area contributed by atoms with Crippen molar-refractivity contribution < 1.29 is 23.6 Å². The van der Waals surface area contributed by atoms with E-state index in [-0.39, 0.29) is 30.5 Å². The highest BCUT2D eigenvalue weighted by Gasteiger charge is 2.48. The van der Waals surface area contributed by atoms with E-state index in [1.54, 1.807) is 26.2 Å². The van der Waals surface area contributed by atoms with Gasteiger partial charge in [0.25, 0.3) is 5.89 Å². The van der Waals surface area contributed by atoms with Crippen molar-refractivity contribution >= 4 is 11.9 Å². The van der Waals surface area contributed by atoms with Crippen molar-refractivity contribution in [2.75, 3.05) is 27.2 Å². The van der Waals surface area contributed by atoms with Crippen LogP contribution in [0.25, 0.3) is 34.0 Å². The van der Waals surface area contributed by atoms with E-state index >= 15 is 0 Å². The average molecular weight is 529 g/mol. The van der Waals surface area contributed by atoms with Gasteiger partial charge in [-0.1, -0.05) is 65.8 Å². The second-order valence-corrected chi connectivity index (χ2v) is 10.0. The van der Waals surface area contributed by atoms with E-state index in [1.165, 1.54) is 11.0 Å². The summed E-state index contributed by atoms with van der Waals surface area (Å²) in [4.78, 5) is 32.5. The topological polar surface area (TPSA) is 99.8 Å². The lowest BCUT2D eigenvalue weighted by Crippen LogP contribution is -2.52. The lowest BCUT2D eigenvalue weighted by Gasteiger charge is -2.39. The number of carbonyl (C=O) groups is 2. The molecule has 5 rings (SSSR count). The first-order valence-electron chi connectivity index (χ1n) is 12.7. The van der Waals surface area contributed by atoms with Gasteiger partial charge in [-0.25, -0.2) is 4.39 Å². The summed E-state index contributed by atoms with van der Waals surface area (Å²) in [5, 5.41) is 13.8. The molecule has 0 spiro atoms. The smallest absolute Gasteiger partial charge is 0.319 e. The molecule has 1 amide bonds. The fourth-order valence-corrected chi connectivity index (χ4v) is 5.02. The lowest BCUT2D eigenvalue weighted by molar-refractivity contribution is -0.163. The van der Waals surface area contributed by atoms with E-state index in [0.717, 1.165) is 16.7 Å². The number of carboxylic acid groups (broad SMARTS) is 1. The monoisotopic (exact) mass is 528 g/mol. The number of aliphatic carboxylic acids is 1. The molecule has 0 saturated carbocycles. The van der Waals surface area contributed by atoms with Crippen LogP contribution in [0.1, 0.15) is 18.4 Å². The molecule has 2 heterocycles. The zero-order valence-corrected chi connectivity index (χ0v) is 21.8. The van der Waals surface area contributed by atoms with E-state index < -0.39 is 11.4 Å². The van der Waals surface area contributed by atoms with Crippen molar-refractivity contribution in [2.45, 2.75) is 19.4 Å². The van der Waals surface area contributed by atoms with Crippen LogP contribution in [0, 0.1) is 11.2 Å². The summed E-state index contributed by atoms with van der Waals surface area (Å²) in [5.41, 5.74) is 2.24. The standard InChI is InChI=1S/C30H29FN4O4/c1-34(2)28(36)30(29(37)38)14-16-35(17-15-30)19-20-8-10-22(11-9-20)26-32-27(39-33-26)23-12-13-24(25(31)18-23)21-6-4-3-5-7-21/h3-13,18H,14-17,19H2,1-2H3,(H,37,38). The van der Waals surface area contributed by atoms with E-state index in [9.17, 15) is 19.1 Å². The fraction of sp³-hybridized carbons (Fsp3) is 0.267. The molecule has 1 N–H and O–H groups in total. The molecule has 1 saturated heterocycles. The molecule has 0 aliphatic carbocycles. The molecule has 1 aliphatic rings. The van der Waals surface area contributed by atoms with E-state index in [1.807, 2.05) is 54.6 Å². The molecule has 3 aromatic carbocycles. The number of likely N-dealkylation sites (tertiary alicyclic amines) is 1. The summed E-state index contributed by atoms with van der Waals surface area (Å²) in [7, 11) is 3.18. The molecule has 4 aromatic rings. The van der Waals surface area contributed by atoms with Gasteiger partial charge in [0.2, 0.25) is 11.7 Å². The van der Waals surface area contributed by atoms with Crippen LogP contribution in [-0.2, 0) is 16.1 Å². The molecule has 0 radical (unpaired) electrons. The molecule has 0 atom stereocenters. The molecular formula is C30H29FN4O4. The van der Waals surface area contributed by atoms with Gasteiger partial charge < -0.3 is 14.5 Å². The third-order valence-corrected chi connectivity index (χ3v) is 7.28. The highest BCUT2D eigenvalue weighted by molar-refractivity contribution is 6.01. The Morgan fingerprint density at radius 3 is 2.26 bits per heavy atom. The second kappa shape index (κ2) is 10.8. The van der Waals surface area contributed by atoms with Gasteiger partial charge >= 0.3 is 5.97 Å². The molecule has 1 aromatic heterocycles. The number of rotatable bonds is 7. The molecular weight excluding hydrogens is 499 g/mol. The minimum atomic E-state index is -1.36. The Morgan fingerprint density at radius 2 is 1.64 bits per heavy atom. The first-order valence-corrected chi connectivity index (χ1v) is 12.7. The number of hydrogen-bond donors (Lipinski definition) is 1. The number of amides is 1. The molecule has 0 unspecified atom stereocenters. The number of aromatic nitrogens is 2. The molecule has 9 heteroatoms. The Kier molecular flexibility index (Phi) is 7.26. The van der Waals surface area contributed by atoms with Gasteiger partial charge in [0.05, 0.1) is 0 Å². The van der Waals surface area contributed by atoms with Crippen molar-refractivity contribution in [1.82, 2.24) is 19.9 Å². The Hall–Kier alpha value is -4.37. The number of carboxylic acids is 1. The highest BCUT2D eigenvalue weighted by atomic mass is 19.1. The van der Waals surface area contributed by atoms with Crippen molar-refractivity contribution in [3.8, 4) is 34.0 Å². The van der Waals surface area contributed by atoms with Gasteiger partial charge in [-0.15, -0.1) is 0 Å². The Labute approximate surface area is 225 Å². The van der Waals surface area contributed by atoms with Crippen molar-refractivity contribution in [3.63, 3.8) is 0 Å². The van der Waals surface area contributed by atoms with Gasteiger partial charge in [-0.3, -0.25) is 14.5 Å². The zero-order valence-electron chi connectivity index (χ0n) is 21.8. The van der Waals surface area contributed by atoms with Crippen LogP contribution in [-0.4, -0.2) is 64.1 Å². The lowest BCUT2D eigenvalue weighted by atomic mass is 9.77. The second-order valence-electron chi connectivity index (χ2n) is 10.0. The Bertz CT molecular complexity index is 1480. The number of hydrogen-bond acceptors (Lipinski definition) is 6. The predicted octanol–water partition coefficient (Wildman–Crippen LogP) is 4.96. The minimum absolute atomic E-state index is 0.232. The molecule has 1 fully saturated rings. The molecule has 39 heavy (non-hydrogen) atoms. The highest BCUT2D eigenvalue weighted by Crippen LogP contribution is 2.34.